The summed E-state index contributed by atoms with van der Waals surface area (Å²) in [5.74, 6) is 2.59. The first kappa shape index (κ1) is 17.1. The molecular weight excluding hydrogens is 338 g/mol. The largest absolute Gasteiger partial charge is 0.245 e. The van der Waals surface area contributed by atoms with E-state index in [0.717, 1.165) is 47.7 Å². The second-order valence-electron chi connectivity index (χ2n) is 6.30. The molecule has 0 aliphatic carbocycles. The van der Waals surface area contributed by atoms with Crippen molar-refractivity contribution in [2.24, 2.45) is 0 Å². The molecule has 2 aromatic heterocycles. The Morgan fingerprint density at radius 2 is 1.70 bits per heavy atom. The molecule has 2 aromatic carbocycles. The summed E-state index contributed by atoms with van der Waals surface area (Å²) in [7, 11) is 0. The molecule has 2 heterocycles. The van der Waals surface area contributed by atoms with Crippen molar-refractivity contribution >= 4 is 0 Å². The predicted octanol–water partition coefficient (Wildman–Crippen LogP) is 3.30. The Hall–Kier alpha value is -3.35. The first-order valence-electron chi connectivity index (χ1n) is 9.13. The highest BCUT2D eigenvalue weighted by Gasteiger charge is 2.11. The van der Waals surface area contributed by atoms with Crippen molar-refractivity contribution in [1.82, 2.24) is 35.4 Å². The molecule has 4 aromatic rings. The van der Waals surface area contributed by atoms with Crippen LogP contribution >= 0.6 is 0 Å². The van der Waals surface area contributed by atoms with E-state index in [1.54, 1.807) is 0 Å². The number of hydrogen-bond acceptors (Lipinski definition) is 5. The minimum absolute atomic E-state index is 0.664. The van der Waals surface area contributed by atoms with Crippen LogP contribution in [0.3, 0.4) is 0 Å². The van der Waals surface area contributed by atoms with Gasteiger partial charge in [-0.15, -0.1) is 5.10 Å². The van der Waals surface area contributed by atoms with Crippen LogP contribution < -0.4 is 0 Å². The maximum Gasteiger partial charge on any atom is 0.180 e. The molecular formula is C20H21N7. The van der Waals surface area contributed by atoms with Gasteiger partial charge in [0.15, 0.2) is 11.6 Å². The minimum atomic E-state index is 0.664. The van der Waals surface area contributed by atoms with Gasteiger partial charge in [-0.3, -0.25) is 0 Å². The van der Waals surface area contributed by atoms with Crippen molar-refractivity contribution < 1.29 is 0 Å². The number of aromatic amines is 1. The third-order valence-corrected chi connectivity index (χ3v) is 4.55. The van der Waals surface area contributed by atoms with E-state index in [-0.39, 0.29) is 0 Å². The van der Waals surface area contributed by atoms with E-state index in [2.05, 4.69) is 74.9 Å². The third-order valence-electron chi connectivity index (χ3n) is 4.55. The maximum absolute atomic E-state index is 4.60. The summed E-state index contributed by atoms with van der Waals surface area (Å²) in [4.78, 5) is 4.58. The molecule has 0 atom stereocenters. The van der Waals surface area contributed by atoms with Crippen molar-refractivity contribution in [3.63, 3.8) is 0 Å². The Morgan fingerprint density at radius 3 is 2.37 bits per heavy atom. The minimum Gasteiger partial charge on any atom is -0.245 e. The summed E-state index contributed by atoms with van der Waals surface area (Å²) in [6.45, 7) is 4.91. The predicted molar refractivity (Wildman–Crippen MR) is 103 cm³/mol. The van der Waals surface area contributed by atoms with E-state index in [9.17, 15) is 0 Å². The number of tetrazole rings is 1. The Morgan fingerprint density at radius 1 is 0.926 bits per heavy atom. The molecule has 0 amide bonds. The highest BCUT2D eigenvalue weighted by atomic mass is 15.5. The fraction of sp³-hybridized carbons (Fsp3) is 0.250. The summed E-state index contributed by atoms with van der Waals surface area (Å²) in [6, 6.07) is 16.6. The van der Waals surface area contributed by atoms with Gasteiger partial charge in [-0.25, -0.2) is 14.8 Å². The van der Waals surface area contributed by atoms with E-state index in [0.29, 0.717) is 5.82 Å². The monoisotopic (exact) mass is 359 g/mol. The smallest absolute Gasteiger partial charge is 0.180 e. The molecule has 7 nitrogen and oxygen atoms in total. The highest BCUT2D eigenvalue weighted by molar-refractivity contribution is 5.80. The van der Waals surface area contributed by atoms with Crippen molar-refractivity contribution in [1.29, 1.82) is 0 Å². The summed E-state index contributed by atoms with van der Waals surface area (Å²) in [5, 5.41) is 18.8. The van der Waals surface area contributed by atoms with Gasteiger partial charge in [0, 0.05) is 18.4 Å². The molecule has 0 aliphatic heterocycles. The number of aromatic nitrogens is 7. The number of nitrogens with one attached hydrogen (secondary N) is 1. The van der Waals surface area contributed by atoms with Gasteiger partial charge in [-0.05, 0) is 27.1 Å². The molecule has 0 saturated heterocycles. The Labute approximate surface area is 157 Å². The van der Waals surface area contributed by atoms with Crippen LogP contribution in [-0.2, 0) is 19.4 Å². The average molecular weight is 359 g/mol. The molecule has 136 valence electrons. The third kappa shape index (κ3) is 3.48. The van der Waals surface area contributed by atoms with E-state index < -0.39 is 0 Å². The lowest BCUT2D eigenvalue weighted by Crippen LogP contribution is -2.06. The zero-order valence-corrected chi connectivity index (χ0v) is 15.4. The summed E-state index contributed by atoms with van der Waals surface area (Å²) < 4.78 is 2.00. The average Bonchev–Trinajstić information content (AvgIpc) is 3.38. The first-order chi connectivity index (χ1) is 13.3. The van der Waals surface area contributed by atoms with Crippen LogP contribution in [0.2, 0.25) is 0 Å². The fourth-order valence-corrected chi connectivity index (χ4v) is 3.14. The Kier molecular flexibility index (Phi) is 4.74. The van der Waals surface area contributed by atoms with Gasteiger partial charge in [0.25, 0.3) is 0 Å². The number of nitrogens with zero attached hydrogens (tertiary/aromatic N) is 6. The standard InChI is InChI=1S/C20H21N7/c1-3-18-21-19(4-2)27(24-18)13-14-9-11-15(12-10-14)16-7-5-6-8-17(16)20-22-25-26-23-20/h5-12H,3-4,13H2,1-2H3,(H,22,23,25,26). The van der Waals surface area contributed by atoms with Gasteiger partial charge in [0.1, 0.15) is 5.82 Å². The number of hydrogen-bond donors (Lipinski definition) is 1. The molecule has 0 bridgehead atoms. The molecule has 0 saturated carbocycles. The van der Waals surface area contributed by atoms with Gasteiger partial charge in [-0.2, -0.15) is 5.10 Å². The molecule has 1 N–H and O–H groups in total. The Bertz CT molecular complexity index is 1020. The van der Waals surface area contributed by atoms with E-state index in [4.69, 9.17) is 0 Å². The SMILES string of the molecule is CCc1nc(CC)n(Cc2ccc(-c3ccccc3-c3nnn[nH]3)cc2)n1. The molecule has 0 radical (unpaired) electrons. The second kappa shape index (κ2) is 7.49. The van der Waals surface area contributed by atoms with Crippen LogP contribution in [0.4, 0.5) is 0 Å². The zero-order chi connectivity index (χ0) is 18.6. The molecule has 0 aliphatic rings. The van der Waals surface area contributed by atoms with E-state index >= 15 is 0 Å². The van der Waals surface area contributed by atoms with Crippen molar-refractivity contribution in [3.8, 4) is 22.5 Å². The molecule has 0 fully saturated rings. The van der Waals surface area contributed by atoms with Crippen molar-refractivity contribution in [3.05, 3.63) is 65.7 Å². The van der Waals surface area contributed by atoms with Gasteiger partial charge >= 0.3 is 0 Å². The lowest BCUT2D eigenvalue weighted by Gasteiger charge is -2.09. The molecule has 7 heteroatoms. The summed E-state index contributed by atoms with van der Waals surface area (Å²) in [5.41, 5.74) is 4.38. The van der Waals surface area contributed by atoms with Crippen LogP contribution in [0.1, 0.15) is 31.1 Å². The lowest BCUT2D eigenvalue weighted by molar-refractivity contribution is 0.637. The van der Waals surface area contributed by atoms with Crippen LogP contribution in [0.15, 0.2) is 48.5 Å². The topological polar surface area (TPSA) is 85.2 Å². The lowest BCUT2D eigenvalue weighted by atomic mass is 9.98. The van der Waals surface area contributed by atoms with Crippen molar-refractivity contribution in [2.75, 3.05) is 0 Å². The number of H-pyrrole nitrogens is 1. The van der Waals surface area contributed by atoms with Crippen LogP contribution in [0.25, 0.3) is 22.5 Å². The zero-order valence-electron chi connectivity index (χ0n) is 15.4. The van der Waals surface area contributed by atoms with Crippen molar-refractivity contribution in [2.45, 2.75) is 33.2 Å². The quantitative estimate of drug-likeness (QED) is 0.571. The first-order valence-corrected chi connectivity index (χ1v) is 9.13. The second-order valence-corrected chi connectivity index (χ2v) is 6.30. The van der Waals surface area contributed by atoms with Gasteiger partial charge < -0.3 is 0 Å². The number of rotatable bonds is 6. The normalized spacial score (nSPS) is 11.0. The molecule has 4 rings (SSSR count). The van der Waals surface area contributed by atoms with Crippen LogP contribution in [0.5, 0.6) is 0 Å². The molecule has 0 spiro atoms. The van der Waals surface area contributed by atoms with Gasteiger partial charge in [-0.1, -0.05) is 62.4 Å². The number of benzene rings is 2. The van der Waals surface area contributed by atoms with Crippen LogP contribution in [0, 0.1) is 0 Å². The van der Waals surface area contributed by atoms with E-state index in [1.807, 2.05) is 22.9 Å². The number of aryl methyl sites for hydroxylation is 2. The fourth-order valence-electron chi connectivity index (χ4n) is 3.14. The van der Waals surface area contributed by atoms with Gasteiger partial charge in [0.05, 0.1) is 6.54 Å². The maximum atomic E-state index is 4.60. The van der Waals surface area contributed by atoms with Crippen LogP contribution in [-0.4, -0.2) is 35.4 Å². The molecule has 27 heavy (non-hydrogen) atoms. The highest BCUT2D eigenvalue weighted by Crippen LogP contribution is 2.29. The van der Waals surface area contributed by atoms with Gasteiger partial charge in [0.2, 0.25) is 0 Å². The molecule has 0 unspecified atom stereocenters. The Balaban J connectivity index is 1.61. The summed E-state index contributed by atoms with van der Waals surface area (Å²) >= 11 is 0. The van der Waals surface area contributed by atoms with E-state index in [1.165, 1.54) is 5.56 Å². The summed E-state index contributed by atoms with van der Waals surface area (Å²) in [6.07, 6.45) is 1.73.